The minimum absolute atomic E-state index is 0.0168. The quantitative estimate of drug-likeness (QED) is 0.146. The van der Waals surface area contributed by atoms with Crippen LogP contribution in [0.5, 0.6) is 0 Å². The van der Waals surface area contributed by atoms with Crippen molar-refractivity contribution in [3.63, 3.8) is 0 Å². The maximum absolute atomic E-state index is 13.5. The Labute approximate surface area is 365 Å². The monoisotopic (exact) mass is 855 g/mol. The van der Waals surface area contributed by atoms with Crippen molar-refractivity contribution in [3.05, 3.63) is 0 Å². The topological polar surface area (TPSA) is 126 Å². The summed E-state index contributed by atoms with van der Waals surface area (Å²) in [5, 5.41) is 26.9. The highest BCUT2D eigenvalue weighted by Gasteiger charge is 2.51. The lowest BCUT2D eigenvalue weighted by Crippen LogP contribution is -2.65. The van der Waals surface area contributed by atoms with Crippen LogP contribution in [0.1, 0.15) is 176 Å². The fourth-order valence-electron chi connectivity index (χ4n) is 12.5. The zero-order valence-electron chi connectivity index (χ0n) is 41.4. The van der Waals surface area contributed by atoms with Gasteiger partial charge in [-0.15, -0.1) is 0 Å². The minimum Gasteiger partial charge on any atom is -0.431 e. The summed E-state index contributed by atoms with van der Waals surface area (Å²) in [4.78, 5) is 30.3. The molecule has 60 heavy (non-hydrogen) atoms. The number of hydroxylamine groups is 4. The maximum Gasteiger partial charge on any atom is 0.508 e. The first kappa shape index (κ1) is 51.5. The first-order chi connectivity index (χ1) is 27.3. The Hall–Kier alpha value is -1.13. The number of carbonyl (C=O) groups is 1. The Morgan fingerprint density at radius 2 is 0.717 bits per heavy atom. The fraction of sp³-hybridized carbons (Fsp3) is 0.979. The highest BCUT2D eigenvalue weighted by atomic mass is 16.7. The highest BCUT2D eigenvalue weighted by Crippen LogP contribution is 2.44. The zero-order valence-corrected chi connectivity index (χ0v) is 41.4. The number of likely N-dealkylation sites (tertiary alicyclic amines) is 2. The molecule has 2 N–H and O–H groups in total. The summed E-state index contributed by atoms with van der Waals surface area (Å²) in [6.07, 6.45) is 3.16. The summed E-state index contributed by atoms with van der Waals surface area (Å²) in [5.41, 5.74) is -2.18. The van der Waals surface area contributed by atoms with Crippen molar-refractivity contribution in [1.29, 1.82) is 0 Å². The van der Waals surface area contributed by atoms with E-state index in [9.17, 15) is 15.0 Å². The van der Waals surface area contributed by atoms with Crippen molar-refractivity contribution in [1.82, 2.24) is 19.9 Å². The van der Waals surface area contributed by atoms with Gasteiger partial charge in [0.05, 0.1) is 50.8 Å². The number of piperidine rings is 4. The van der Waals surface area contributed by atoms with Gasteiger partial charge in [0.15, 0.2) is 0 Å². The molecule has 352 valence electrons. The number of nitrogens with zero attached hydrogens (tertiary/aromatic N) is 4. The van der Waals surface area contributed by atoms with Crippen molar-refractivity contribution in [2.75, 3.05) is 39.5 Å². The van der Waals surface area contributed by atoms with Gasteiger partial charge in [0.25, 0.3) is 0 Å². The van der Waals surface area contributed by atoms with Gasteiger partial charge in [0, 0.05) is 83.1 Å². The van der Waals surface area contributed by atoms with Crippen molar-refractivity contribution in [3.8, 4) is 0 Å². The minimum atomic E-state index is -0.669. The molecule has 4 fully saturated rings. The molecule has 4 aliphatic rings. The van der Waals surface area contributed by atoms with Crippen molar-refractivity contribution in [2.24, 2.45) is 0 Å². The van der Waals surface area contributed by atoms with E-state index < -0.39 is 18.4 Å². The number of carbonyl (C=O) groups excluding carboxylic acids is 1. The third kappa shape index (κ3) is 12.6. The van der Waals surface area contributed by atoms with Crippen LogP contribution in [-0.4, -0.2) is 157 Å². The van der Waals surface area contributed by atoms with Gasteiger partial charge in [-0.25, -0.2) is 4.79 Å². The number of β-amino-alcohol motifs (C(OH)–C–C–N with tert-alkyl or cyclic N) is 2. The van der Waals surface area contributed by atoms with Crippen LogP contribution < -0.4 is 0 Å². The van der Waals surface area contributed by atoms with Crippen molar-refractivity contribution in [2.45, 2.75) is 257 Å². The van der Waals surface area contributed by atoms with E-state index in [-0.39, 0.29) is 81.9 Å². The van der Waals surface area contributed by atoms with Gasteiger partial charge in [0.2, 0.25) is 0 Å². The second kappa shape index (κ2) is 18.8. The normalized spacial score (nSPS) is 28.6. The van der Waals surface area contributed by atoms with Gasteiger partial charge in [-0.05, 0) is 150 Å². The third-order valence-corrected chi connectivity index (χ3v) is 13.8. The Kier molecular flexibility index (Phi) is 16.1. The van der Waals surface area contributed by atoms with Gasteiger partial charge in [-0.2, -0.15) is 10.1 Å². The van der Waals surface area contributed by atoms with Gasteiger partial charge in [0.1, 0.15) is 12.2 Å². The summed E-state index contributed by atoms with van der Waals surface area (Å²) < 4.78 is 25.0. The van der Waals surface area contributed by atoms with E-state index in [4.69, 9.17) is 28.6 Å². The third-order valence-electron chi connectivity index (χ3n) is 13.8. The van der Waals surface area contributed by atoms with E-state index in [2.05, 4.69) is 131 Å². The van der Waals surface area contributed by atoms with Crippen LogP contribution in [0, 0.1) is 0 Å². The average molecular weight is 855 g/mol. The summed E-state index contributed by atoms with van der Waals surface area (Å²) in [6, 6.07) is 0. The van der Waals surface area contributed by atoms with Gasteiger partial charge < -0.3 is 29.2 Å². The van der Waals surface area contributed by atoms with Crippen molar-refractivity contribution >= 4 is 6.16 Å². The molecule has 0 bridgehead atoms. The molecule has 13 heteroatoms. The first-order valence-corrected chi connectivity index (χ1v) is 23.2. The van der Waals surface area contributed by atoms with Crippen molar-refractivity contribution < 1.29 is 43.6 Å². The lowest BCUT2D eigenvalue weighted by Gasteiger charge is -2.56. The Morgan fingerprint density at radius 3 is 0.967 bits per heavy atom. The predicted octanol–water partition coefficient (Wildman–Crippen LogP) is 7.88. The van der Waals surface area contributed by atoms with Gasteiger partial charge in [-0.1, -0.05) is 0 Å². The number of aliphatic hydroxyl groups is 2. The van der Waals surface area contributed by atoms with Crippen LogP contribution in [0.3, 0.4) is 0 Å². The molecule has 4 rings (SSSR count). The lowest BCUT2D eigenvalue weighted by molar-refractivity contribution is -0.293. The summed E-state index contributed by atoms with van der Waals surface area (Å²) in [7, 11) is 0. The molecule has 0 saturated carbocycles. The number of hydrogen-bond donors (Lipinski definition) is 2. The molecular weight excluding hydrogens is 765 g/mol. The largest absolute Gasteiger partial charge is 0.508 e. The number of ether oxygens (including phenoxy) is 4. The number of rotatable bonds is 16. The molecule has 4 aliphatic heterocycles. The Balaban J connectivity index is 1.27. The molecule has 2 atom stereocenters. The summed E-state index contributed by atoms with van der Waals surface area (Å²) in [5.74, 6) is 0. The van der Waals surface area contributed by atoms with Crippen LogP contribution in [0.25, 0.3) is 0 Å². The summed E-state index contributed by atoms with van der Waals surface area (Å²) >= 11 is 0. The van der Waals surface area contributed by atoms with E-state index in [1.165, 1.54) is 0 Å². The lowest BCUT2D eigenvalue weighted by atomic mass is 9.77. The molecule has 0 aliphatic carbocycles. The first-order valence-electron chi connectivity index (χ1n) is 23.2. The Bertz CT molecular complexity index is 1240. The smallest absolute Gasteiger partial charge is 0.431 e. The molecule has 0 radical (unpaired) electrons. The second-order valence-corrected chi connectivity index (χ2v) is 23.7. The molecule has 0 spiro atoms. The van der Waals surface area contributed by atoms with E-state index in [0.717, 1.165) is 25.7 Å². The molecule has 4 heterocycles. The predicted molar refractivity (Wildman–Crippen MR) is 237 cm³/mol. The van der Waals surface area contributed by atoms with Gasteiger partial charge >= 0.3 is 6.16 Å². The molecule has 0 aromatic heterocycles. The van der Waals surface area contributed by atoms with Gasteiger partial charge in [-0.3, -0.25) is 19.5 Å². The van der Waals surface area contributed by atoms with Crippen LogP contribution in [0.4, 0.5) is 4.79 Å². The van der Waals surface area contributed by atoms with Crippen LogP contribution in [-0.2, 0) is 28.6 Å². The molecule has 0 amide bonds. The SMILES string of the molecule is CCON1C(C)(C)CC(OCC(O)CN2C(C)(C)CC(OC(=O)OC3CC(C)(C)N(CC(O)COC4CC(C)(C)N(OCC)C(C)(C)C4)C(C)(C)C3)CC2(C)C)CC1(C)C. The highest BCUT2D eigenvalue weighted by molar-refractivity contribution is 5.60. The molecular formula is C47H90N4O9. The van der Waals surface area contributed by atoms with E-state index in [1.54, 1.807) is 0 Å². The molecule has 13 nitrogen and oxygen atoms in total. The van der Waals surface area contributed by atoms with E-state index in [1.807, 2.05) is 13.8 Å². The number of aliphatic hydroxyl groups excluding tert-OH is 2. The zero-order chi connectivity index (χ0) is 45.5. The second-order valence-electron chi connectivity index (χ2n) is 23.7. The van der Waals surface area contributed by atoms with E-state index >= 15 is 0 Å². The fourth-order valence-corrected chi connectivity index (χ4v) is 12.5. The standard InChI is InChI=1S/C47H90N4O9/c1-19-57-50-44(11,12)21-35(22-45(50,13)14)55-31-33(52)29-48-40(3,4)25-37(26-41(48,5)6)59-39(54)60-38-27-42(7,8)49(43(9,10)28-38)30-34(53)32-56-36-23-46(15,16)51(58-20-2)47(17,18)24-36/h33-38,52-53H,19-32H2,1-18H3. The molecule has 2 unspecified atom stereocenters. The number of hydrogen-bond acceptors (Lipinski definition) is 13. The van der Waals surface area contributed by atoms with E-state index in [0.29, 0.717) is 52.0 Å². The van der Waals surface area contributed by atoms with Crippen LogP contribution in [0.2, 0.25) is 0 Å². The van der Waals surface area contributed by atoms with Crippen LogP contribution in [0.15, 0.2) is 0 Å². The average Bonchev–Trinajstić information content (AvgIpc) is 3.04. The molecule has 4 saturated heterocycles. The summed E-state index contributed by atoms with van der Waals surface area (Å²) in [6.45, 7) is 41.5. The molecule has 0 aromatic carbocycles. The van der Waals surface area contributed by atoms with Crippen LogP contribution >= 0.6 is 0 Å². The molecule has 0 aromatic rings. The Morgan fingerprint density at radius 1 is 0.467 bits per heavy atom. The maximum atomic E-state index is 13.5.